The highest BCUT2D eigenvalue weighted by Crippen LogP contribution is 2.28. The van der Waals surface area contributed by atoms with Crippen LogP contribution in [0.3, 0.4) is 0 Å². The van der Waals surface area contributed by atoms with Gasteiger partial charge in [-0.1, -0.05) is 18.2 Å². The summed E-state index contributed by atoms with van der Waals surface area (Å²) in [5, 5.41) is 0. The topological polar surface area (TPSA) is 102 Å². The smallest absolute Gasteiger partial charge is 0.259 e. The zero-order valence-corrected chi connectivity index (χ0v) is 20.8. The Morgan fingerprint density at radius 3 is 2.42 bits per heavy atom. The van der Waals surface area contributed by atoms with Crippen molar-refractivity contribution in [3.05, 3.63) is 87.2 Å². The molecule has 0 fully saturated rings. The van der Waals surface area contributed by atoms with E-state index in [2.05, 4.69) is 0 Å². The summed E-state index contributed by atoms with van der Waals surface area (Å²) in [6.45, 7) is 4.02. The molecule has 0 bridgehead atoms. The summed E-state index contributed by atoms with van der Waals surface area (Å²) in [7, 11) is 3.09. The molecule has 1 aliphatic rings. The predicted molar refractivity (Wildman–Crippen MR) is 133 cm³/mol. The third kappa shape index (κ3) is 4.56. The maximum absolute atomic E-state index is 13.7. The fraction of sp³-hybridized carbons (Fsp3) is 0.333. The number of aromatic nitrogens is 1. The number of nitrogens with zero attached hydrogens (tertiary/aromatic N) is 3. The summed E-state index contributed by atoms with van der Waals surface area (Å²) >= 11 is 0. The molecule has 1 atom stereocenters. The zero-order chi connectivity index (χ0) is 26.0. The molecule has 3 aromatic rings. The summed E-state index contributed by atoms with van der Waals surface area (Å²) in [6.07, 6.45) is 1.82. The Morgan fingerprint density at radius 2 is 1.78 bits per heavy atom. The number of hydrogen-bond donors (Lipinski definition) is 0. The van der Waals surface area contributed by atoms with Crippen LogP contribution in [0, 0.1) is 0 Å². The first-order chi connectivity index (χ1) is 17.2. The fourth-order valence-electron chi connectivity index (χ4n) is 4.56. The molecule has 0 saturated carbocycles. The molecule has 3 heterocycles. The molecule has 188 valence electrons. The number of pyridine rings is 1. The van der Waals surface area contributed by atoms with Crippen LogP contribution in [0.25, 0.3) is 0 Å². The van der Waals surface area contributed by atoms with Crippen molar-refractivity contribution < 1.29 is 23.5 Å². The molecular weight excluding hydrogens is 462 g/mol. The van der Waals surface area contributed by atoms with Crippen LogP contribution in [0.15, 0.2) is 57.9 Å². The van der Waals surface area contributed by atoms with Crippen LogP contribution in [0.2, 0.25) is 0 Å². The van der Waals surface area contributed by atoms with Crippen molar-refractivity contribution in [3.8, 4) is 5.75 Å². The van der Waals surface area contributed by atoms with E-state index in [1.807, 2.05) is 6.92 Å². The number of methoxy groups -OCH3 is 1. The van der Waals surface area contributed by atoms with Crippen LogP contribution < -0.4 is 10.3 Å². The van der Waals surface area contributed by atoms with E-state index in [0.717, 1.165) is 0 Å². The lowest BCUT2D eigenvalue weighted by Crippen LogP contribution is -2.35. The third-order valence-corrected chi connectivity index (χ3v) is 6.71. The Morgan fingerprint density at radius 1 is 1.06 bits per heavy atom. The van der Waals surface area contributed by atoms with Crippen molar-refractivity contribution in [2.45, 2.75) is 32.9 Å². The van der Waals surface area contributed by atoms with Gasteiger partial charge in [0.15, 0.2) is 5.78 Å². The molecule has 9 nitrogen and oxygen atoms in total. The molecule has 4 rings (SSSR count). The Bertz CT molecular complexity index is 1360. The number of ether oxygens (including phenoxy) is 1. The maximum Gasteiger partial charge on any atom is 0.259 e. The molecule has 2 amide bonds. The minimum atomic E-state index is -0.350. The molecule has 0 N–H and O–H groups in total. The van der Waals surface area contributed by atoms with Crippen LogP contribution in [0.5, 0.6) is 5.75 Å². The maximum atomic E-state index is 13.7. The largest absolute Gasteiger partial charge is 0.496 e. The lowest BCUT2D eigenvalue weighted by atomic mass is 10.0. The Hall–Kier alpha value is -4.14. The first kappa shape index (κ1) is 25.0. The van der Waals surface area contributed by atoms with Crippen LogP contribution >= 0.6 is 0 Å². The van der Waals surface area contributed by atoms with Crippen molar-refractivity contribution in [3.63, 3.8) is 0 Å². The van der Waals surface area contributed by atoms with E-state index < -0.39 is 0 Å². The molecule has 0 saturated heterocycles. The number of Topliss-reactive ketones (excluding diaryl/α,β-unsaturated/α-hetero) is 1. The molecule has 1 aliphatic heterocycles. The van der Waals surface area contributed by atoms with Crippen molar-refractivity contribution in [2.24, 2.45) is 0 Å². The molecular formula is C27H29N3O6. The quantitative estimate of drug-likeness (QED) is 0.491. The Kier molecular flexibility index (Phi) is 7.10. The fourth-order valence-corrected chi connectivity index (χ4v) is 4.56. The zero-order valence-electron chi connectivity index (χ0n) is 20.8. The van der Waals surface area contributed by atoms with Gasteiger partial charge in [-0.3, -0.25) is 19.2 Å². The summed E-state index contributed by atoms with van der Waals surface area (Å²) in [5.41, 5.74) is 1.17. The summed E-state index contributed by atoms with van der Waals surface area (Å²) in [4.78, 5) is 55.2. The molecule has 36 heavy (non-hydrogen) atoms. The third-order valence-electron chi connectivity index (χ3n) is 6.71. The SMILES string of the molecule is COc1cc(=O)n2c(c1C(=O)N(C)C(C)c1ccco1)CCN(C(=O)c1ccccc1C(C)=O)CC2. The van der Waals surface area contributed by atoms with Crippen LogP contribution in [0.4, 0.5) is 0 Å². The van der Waals surface area contributed by atoms with Crippen molar-refractivity contribution in [1.82, 2.24) is 14.4 Å². The summed E-state index contributed by atoms with van der Waals surface area (Å²) < 4.78 is 12.5. The number of amides is 2. The van der Waals surface area contributed by atoms with Crippen LogP contribution in [0.1, 0.15) is 62.4 Å². The number of benzene rings is 1. The number of ketones is 1. The van der Waals surface area contributed by atoms with Crippen molar-refractivity contribution in [2.75, 3.05) is 27.2 Å². The second-order valence-corrected chi connectivity index (χ2v) is 8.78. The van der Waals surface area contributed by atoms with Gasteiger partial charge in [-0.15, -0.1) is 0 Å². The van der Waals surface area contributed by atoms with Crippen LogP contribution in [-0.2, 0) is 13.0 Å². The minimum Gasteiger partial charge on any atom is -0.496 e. The Balaban J connectivity index is 1.68. The molecule has 9 heteroatoms. The van der Waals surface area contributed by atoms with Crippen molar-refractivity contribution >= 4 is 17.6 Å². The van der Waals surface area contributed by atoms with E-state index in [9.17, 15) is 19.2 Å². The van der Waals surface area contributed by atoms with E-state index in [-0.39, 0.29) is 66.6 Å². The first-order valence-electron chi connectivity index (χ1n) is 11.7. The van der Waals surface area contributed by atoms with E-state index in [0.29, 0.717) is 22.6 Å². The monoisotopic (exact) mass is 491 g/mol. The molecule has 2 aromatic heterocycles. The first-order valence-corrected chi connectivity index (χ1v) is 11.7. The second-order valence-electron chi connectivity index (χ2n) is 8.78. The lowest BCUT2D eigenvalue weighted by Gasteiger charge is -2.26. The Labute approximate surface area is 208 Å². The number of carbonyl (C=O) groups excluding carboxylic acids is 3. The standard InChI is InChI=1S/C27H29N3O6/c1-17(22-10-7-15-36-22)28(3)27(34)25-21-11-12-29(13-14-30(21)24(32)16-23(25)35-4)26(33)20-9-6-5-8-19(20)18(2)31/h5-10,15-17H,11-14H2,1-4H3. The molecule has 1 aromatic carbocycles. The van der Waals surface area contributed by atoms with E-state index in [1.165, 1.54) is 24.7 Å². The second kappa shape index (κ2) is 10.2. The normalized spacial score (nSPS) is 13.9. The molecule has 0 radical (unpaired) electrons. The molecule has 0 aliphatic carbocycles. The van der Waals surface area contributed by atoms with Gasteiger partial charge >= 0.3 is 0 Å². The van der Waals surface area contributed by atoms with Gasteiger partial charge in [0, 0.05) is 50.4 Å². The lowest BCUT2D eigenvalue weighted by molar-refractivity contribution is 0.0720. The van der Waals surface area contributed by atoms with Gasteiger partial charge in [-0.25, -0.2) is 0 Å². The number of carbonyl (C=O) groups is 3. The van der Waals surface area contributed by atoms with E-state index in [1.54, 1.807) is 59.5 Å². The van der Waals surface area contributed by atoms with Gasteiger partial charge in [0.2, 0.25) is 0 Å². The average Bonchev–Trinajstić information content (AvgIpc) is 3.33. The highest BCUT2D eigenvalue weighted by molar-refractivity contribution is 6.07. The highest BCUT2D eigenvalue weighted by Gasteiger charge is 2.31. The van der Waals surface area contributed by atoms with Gasteiger partial charge in [0.25, 0.3) is 17.4 Å². The van der Waals surface area contributed by atoms with E-state index in [4.69, 9.17) is 9.15 Å². The number of fused-ring (bicyclic) bond motifs is 1. The number of rotatable bonds is 6. The van der Waals surface area contributed by atoms with Gasteiger partial charge in [0.1, 0.15) is 17.1 Å². The predicted octanol–water partition coefficient (Wildman–Crippen LogP) is 3.18. The van der Waals surface area contributed by atoms with Gasteiger partial charge < -0.3 is 23.5 Å². The van der Waals surface area contributed by atoms with E-state index >= 15 is 0 Å². The highest BCUT2D eigenvalue weighted by atomic mass is 16.5. The molecule has 1 unspecified atom stereocenters. The number of furan rings is 1. The van der Waals surface area contributed by atoms with Crippen molar-refractivity contribution in [1.29, 1.82) is 0 Å². The van der Waals surface area contributed by atoms with Gasteiger partial charge in [-0.2, -0.15) is 0 Å². The minimum absolute atomic E-state index is 0.191. The van der Waals surface area contributed by atoms with Gasteiger partial charge in [-0.05, 0) is 32.0 Å². The molecule has 0 spiro atoms. The average molecular weight is 492 g/mol. The van der Waals surface area contributed by atoms with Gasteiger partial charge in [0.05, 0.1) is 25.0 Å². The summed E-state index contributed by atoms with van der Waals surface area (Å²) in [6, 6.07) is 11.2. The summed E-state index contributed by atoms with van der Waals surface area (Å²) in [5.74, 6) is 0.0206. The number of hydrogen-bond acceptors (Lipinski definition) is 6. The van der Waals surface area contributed by atoms with Crippen LogP contribution in [-0.4, -0.2) is 59.2 Å².